The fourth-order valence-electron chi connectivity index (χ4n) is 2.26. The van der Waals surface area contributed by atoms with Gasteiger partial charge in [0.2, 0.25) is 0 Å². The highest BCUT2D eigenvalue weighted by molar-refractivity contribution is 5.16. The lowest BCUT2D eigenvalue weighted by molar-refractivity contribution is -0.0149. The minimum Gasteiger partial charge on any atom is -0.314 e. The van der Waals surface area contributed by atoms with E-state index in [4.69, 9.17) is 0 Å². The van der Waals surface area contributed by atoms with E-state index in [1.807, 2.05) is 6.07 Å². The summed E-state index contributed by atoms with van der Waals surface area (Å²) in [7, 11) is 0. The fourth-order valence-corrected chi connectivity index (χ4v) is 2.26. The van der Waals surface area contributed by atoms with Crippen molar-refractivity contribution in [3.8, 4) is 0 Å². The summed E-state index contributed by atoms with van der Waals surface area (Å²) in [4.78, 5) is 0. The van der Waals surface area contributed by atoms with E-state index < -0.39 is 5.92 Å². The average molecular weight is 225 g/mol. The van der Waals surface area contributed by atoms with Gasteiger partial charge in [-0.25, -0.2) is 8.78 Å². The quantitative estimate of drug-likeness (QED) is 0.830. The van der Waals surface area contributed by atoms with E-state index in [-0.39, 0.29) is 18.9 Å². The van der Waals surface area contributed by atoms with Crippen molar-refractivity contribution < 1.29 is 8.78 Å². The van der Waals surface area contributed by atoms with Gasteiger partial charge in [-0.2, -0.15) is 0 Å². The molecule has 1 nitrogen and oxygen atoms in total. The third-order valence-corrected chi connectivity index (χ3v) is 3.01. The number of alkyl halides is 2. The third-order valence-electron chi connectivity index (χ3n) is 3.01. The van der Waals surface area contributed by atoms with Gasteiger partial charge < -0.3 is 5.32 Å². The molecule has 1 N–H and O–H groups in total. The molecule has 1 unspecified atom stereocenters. The molecule has 2 rings (SSSR count). The van der Waals surface area contributed by atoms with Gasteiger partial charge in [0.1, 0.15) is 0 Å². The first kappa shape index (κ1) is 11.5. The monoisotopic (exact) mass is 225 g/mol. The van der Waals surface area contributed by atoms with Gasteiger partial charge in [-0.1, -0.05) is 30.3 Å². The van der Waals surface area contributed by atoms with Crippen LogP contribution >= 0.6 is 0 Å². The molecule has 0 bridgehead atoms. The van der Waals surface area contributed by atoms with Crippen LogP contribution in [-0.4, -0.2) is 18.5 Å². The van der Waals surface area contributed by atoms with Gasteiger partial charge in [0.05, 0.1) is 0 Å². The van der Waals surface area contributed by atoms with Gasteiger partial charge in [-0.3, -0.25) is 0 Å². The van der Waals surface area contributed by atoms with Crippen molar-refractivity contribution in [2.24, 2.45) is 0 Å². The standard InChI is InChI=1S/C13H17F2N/c14-13(15,10-12-7-4-8-16-12)9-11-5-2-1-3-6-11/h1-3,5-6,12,16H,4,7-10H2. The van der Waals surface area contributed by atoms with E-state index in [0.717, 1.165) is 19.4 Å². The minimum absolute atomic E-state index is 0.00119. The summed E-state index contributed by atoms with van der Waals surface area (Å²) >= 11 is 0. The lowest BCUT2D eigenvalue weighted by Gasteiger charge is -2.20. The molecule has 3 heteroatoms. The Morgan fingerprint density at radius 1 is 1.25 bits per heavy atom. The van der Waals surface area contributed by atoms with Crippen LogP contribution < -0.4 is 5.32 Å². The topological polar surface area (TPSA) is 12.0 Å². The van der Waals surface area contributed by atoms with Crippen molar-refractivity contribution in [3.05, 3.63) is 35.9 Å². The molecule has 1 aromatic rings. The zero-order chi connectivity index (χ0) is 11.4. The maximum Gasteiger partial charge on any atom is 0.253 e. The molecular weight excluding hydrogens is 208 g/mol. The summed E-state index contributed by atoms with van der Waals surface area (Å²) in [6.07, 6.45) is 1.71. The van der Waals surface area contributed by atoms with Crippen LogP contribution in [0.4, 0.5) is 8.78 Å². The second-order valence-corrected chi connectivity index (χ2v) is 4.52. The van der Waals surface area contributed by atoms with Crippen LogP contribution in [-0.2, 0) is 6.42 Å². The van der Waals surface area contributed by atoms with Gasteiger partial charge in [0.25, 0.3) is 5.92 Å². The molecule has 0 aromatic heterocycles. The van der Waals surface area contributed by atoms with E-state index in [1.54, 1.807) is 24.3 Å². The van der Waals surface area contributed by atoms with Crippen LogP contribution in [0.25, 0.3) is 0 Å². The lowest BCUT2D eigenvalue weighted by atomic mass is 10.00. The Morgan fingerprint density at radius 2 is 2.00 bits per heavy atom. The Hall–Kier alpha value is -0.960. The van der Waals surface area contributed by atoms with Gasteiger partial charge in [-0.05, 0) is 24.9 Å². The smallest absolute Gasteiger partial charge is 0.253 e. The Morgan fingerprint density at radius 3 is 2.62 bits per heavy atom. The Kier molecular flexibility index (Phi) is 3.54. The van der Waals surface area contributed by atoms with Crippen molar-refractivity contribution in [1.82, 2.24) is 5.32 Å². The van der Waals surface area contributed by atoms with Crippen molar-refractivity contribution in [2.75, 3.05) is 6.54 Å². The first-order valence-corrected chi connectivity index (χ1v) is 5.81. The summed E-state index contributed by atoms with van der Waals surface area (Å²) in [6.45, 7) is 0.881. The molecule has 1 fully saturated rings. The molecule has 1 heterocycles. The summed E-state index contributed by atoms with van der Waals surface area (Å²) in [6, 6.07) is 8.98. The SMILES string of the molecule is FC(F)(Cc1ccccc1)CC1CCCN1. The predicted molar refractivity (Wildman–Crippen MR) is 60.7 cm³/mol. The van der Waals surface area contributed by atoms with Gasteiger partial charge in [0, 0.05) is 18.9 Å². The Balaban J connectivity index is 1.91. The highest BCUT2D eigenvalue weighted by Gasteiger charge is 2.33. The summed E-state index contributed by atoms with van der Waals surface area (Å²) in [5, 5.41) is 3.12. The molecule has 1 aliphatic rings. The number of hydrogen-bond donors (Lipinski definition) is 1. The molecule has 1 aliphatic heterocycles. The fraction of sp³-hybridized carbons (Fsp3) is 0.538. The number of halogens is 2. The molecule has 0 amide bonds. The lowest BCUT2D eigenvalue weighted by Crippen LogP contribution is -2.32. The van der Waals surface area contributed by atoms with Crippen molar-refractivity contribution in [3.63, 3.8) is 0 Å². The van der Waals surface area contributed by atoms with E-state index in [0.29, 0.717) is 5.56 Å². The molecule has 0 radical (unpaired) electrons. The van der Waals surface area contributed by atoms with Gasteiger partial charge in [0.15, 0.2) is 0 Å². The third kappa shape index (κ3) is 3.27. The number of nitrogens with one attached hydrogen (secondary N) is 1. The number of hydrogen-bond acceptors (Lipinski definition) is 1. The Bertz CT molecular complexity index is 318. The molecule has 0 aliphatic carbocycles. The summed E-state index contributed by atoms with van der Waals surface area (Å²) < 4.78 is 27.4. The van der Waals surface area contributed by atoms with E-state index in [2.05, 4.69) is 5.32 Å². The highest BCUT2D eigenvalue weighted by Crippen LogP contribution is 2.27. The maximum absolute atomic E-state index is 13.7. The first-order chi connectivity index (χ1) is 7.66. The Labute approximate surface area is 94.9 Å². The van der Waals surface area contributed by atoms with Crippen molar-refractivity contribution in [2.45, 2.75) is 37.6 Å². The van der Waals surface area contributed by atoms with Crippen LogP contribution in [0.5, 0.6) is 0 Å². The van der Waals surface area contributed by atoms with E-state index in [9.17, 15) is 8.78 Å². The minimum atomic E-state index is -2.59. The largest absolute Gasteiger partial charge is 0.314 e. The average Bonchev–Trinajstić information content (AvgIpc) is 2.70. The molecule has 0 spiro atoms. The first-order valence-electron chi connectivity index (χ1n) is 5.81. The molecule has 0 saturated carbocycles. The molecule has 1 saturated heterocycles. The zero-order valence-corrected chi connectivity index (χ0v) is 9.26. The molecular formula is C13H17F2N. The van der Waals surface area contributed by atoms with Gasteiger partial charge >= 0.3 is 0 Å². The molecule has 16 heavy (non-hydrogen) atoms. The predicted octanol–water partition coefficient (Wildman–Crippen LogP) is 3.01. The van der Waals surface area contributed by atoms with Gasteiger partial charge in [-0.15, -0.1) is 0 Å². The highest BCUT2D eigenvalue weighted by atomic mass is 19.3. The van der Waals surface area contributed by atoms with Crippen LogP contribution in [0.3, 0.4) is 0 Å². The maximum atomic E-state index is 13.7. The van der Waals surface area contributed by atoms with Crippen LogP contribution in [0.2, 0.25) is 0 Å². The van der Waals surface area contributed by atoms with Crippen molar-refractivity contribution in [1.29, 1.82) is 0 Å². The van der Waals surface area contributed by atoms with Crippen LogP contribution in [0.15, 0.2) is 30.3 Å². The molecule has 1 atom stereocenters. The molecule has 1 aromatic carbocycles. The second kappa shape index (κ2) is 4.91. The van der Waals surface area contributed by atoms with E-state index >= 15 is 0 Å². The van der Waals surface area contributed by atoms with Crippen molar-refractivity contribution >= 4 is 0 Å². The summed E-state index contributed by atoms with van der Waals surface area (Å²) in [5.41, 5.74) is 0.713. The normalized spacial score (nSPS) is 21.2. The summed E-state index contributed by atoms with van der Waals surface area (Å²) in [5.74, 6) is -2.59. The zero-order valence-electron chi connectivity index (χ0n) is 9.26. The number of rotatable bonds is 4. The second-order valence-electron chi connectivity index (χ2n) is 4.52. The molecule has 88 valence electrons. The van der Waals surface area contributed by atoms with E-state index in [1.165, 1.54) is 0 Å². The van der Waals surface area contributed by atoms with Crippen LogP contribution in [0, 0.1) is 0 Å². The number of benzene rings is 1. The van der Waals surface area contributed by atoms with Crippen LogP contribution in [0.1, 0.15) is 24.8 Å².